The Morgan fingerprint density at radius 1 is 1.30 bits per heavy atom. The average molecular weight is 374 g/mol. The number of hydrogen-bond acceptors (Lipinski definition) is 4. The highest BCUT2D eigenvalue weighted by atomic mass is 79.9. The fourth-order valence-electron chi connectivity index (χ4n) is 2.03. The van der Waals surface area contributed by atoms with E-state index in [0.29, 0.717) is 21.5 Å². The smallest absolute Gasteiger partial charge is 0.391 e. The number of thioether (sulfide) groups is 2. The summed E-state index contributed by atoms with van der Waals surface area (Å²) in [5.41, 5.74) is 1.72. The summed E-state index contributed by atoms with van der Waals surface area (Å²) >= 11 is 6.97. The molecule has 0 bridgehead atoms. The summed E-state index contributed by atoms with van der Waals surface area (Å²) in [6.07, 6.45) is 0. The van der Waals surface area contributed by atoms with Gasteiger partial charge >= 0.3 is 5.69 Å². The maximum absolute atomic E-state index is 9.84. The first-order valence-electron chi connectivity index (χ1n) is 6.43. The van der Waals surface area contributed by atoms with E-state index in [1.54, 1.807) is 12.1 Å². The molecule has 0 atom stereocenters. The largest absolute Gasteiger partial charge is 0.507 e. The van der Waals surface area contributed by atoms with Crippen molar-refractivity contribution in [3.63, 3.8) is 0 Å². The number of phenolic OH excluding ortho intramolecular Hbond substituents is 1. The zero-order chi connectivity index (χ0) is 14.9. The highest BCUT2D eigenvalue weighted by Crippen LogP contribution is 2.52. The normalized spacial score (nSPS) is 23.4. The van der Waals surface area contributed by atoms with Crippen molar-refractivity contribution in [2.24, 2.45) is 11.3 Å². The van der Waals surface area contributed by atoms with Gasteiger partial charge in [-0.15, -0.1) is 23.5 Å². The fourth-order valence-corrected chi connectivity index (χ4v) is 6.15. The van der Waals surface area contributed by atoms with Crippen LogP contribution in [0.3, 0.4) is 0 Å². The van der Waals surface area contributed by atoms with Gasteiger partial charge in [0.2, 0.25) is 5.39 Å². The van der Waals surface area contributed by atoms with E-state index in [4.69, 9.17) is 5.39 Å². The van der Waals surface area contributed by atoms with Gasteiger partial charge in [0.15, 0.2) is 4.98 Å². The van der Waals surface area contributed by atoms with Crippen LogP contribution >= 0.6 is 39.5 Å². The number of benzene rings is 1. The molecule has 0 unspecified atom stereocenters. The van der Waals surface area contributed by atoms with Crippen molar-refractivity contribution in [3.05, 3.63) is 27.1 Å². The third-order valence-corrected chi connectivity index (χ3v) is 7.33. The lowest BCUT2D eigenvalue weighted by molar-refractivity contribution is 0.292. The number of aromatic hydroxyl groups is 1. The van der Waals surface area contributed by atoms with Gasteiger partial charge in [0, 0.05) is 0 Å². The Morgan fingerprint density at radius 2 is 1.90 bits per heavy atom. The molecular weight excluding hydrogens is 356 g/mol. The van der Waals surface area contributed by atoms with Crippen LogP contribution in [0.15, 0.2) is 16.6 Å². The van der Waals surface area contributed by atoms with Crippen LogP contribution in [0.25, 0.3) is 4.98 Å². The highest BCUT2D eigenvalue weighted by Gasteiger charge is 2.34. The molecule has 1 aliphatic heterocycles. The van der Waals surface area contributed by atoms with E-state index < -0.39 is 0 Å². The summed E-state index contributed by atoms with van der Waals surface area (Å²) in [6.45, 7) is 6.83. The Kier molecular flexibility index (Phi) is 4.93. The van der Waals surface area contributed by atoms with E-state index in [2.05, 4.69) is 41.7 Å². The molecule has 1 N–H and O–H groups in total. The SMILES string of the molecule is CC(C)(C)C1CSC(c2cc(O)c(Br)cc2[N+]#N)SC1. The van der Waals surface area contributed by atoms with Crippen molar-refractivity contribution < 1.29 is 5.11 Å². The molecule has 1 aromatic rings. The predicted octanol–water partition coefficient (Wildman–Crippen LogP) is 5.78. The predicted molar refractivity (Wildman–Crippen MR) is 91.2 cm³/mol. The van der Waals surface area contributed by atoms with Crippen molar-refractivity contribution in [1.29, 1.82) is 5.39 Å². The number of rotatable bonds is 1. The van der Waals surface area contributed by atoms with Crippen LogP contribution in [-0.4, -0.2) is 16.6 Å². The van der Waals surface area contributed by atoms with Gasteiger partial charge in [0.25, 0.3) is 0 Å². The van der Waals surface area contributed by atoms with Gasteiger partial charge in [0.1, 0.15) is 5.75 Å². The quantitative estimate of drug-likeness (QED) is 0.633. The van der Waals surface area contributed by atoms with Gasteiger partial charge in [-0.05, 0) is 44.8 Å². The van der Waals surface area contributed by atoms with Crippen LogP contribution in [0.4, 0.5) is 5.69 Å². The summed E-state index contributed by atoms with van der Waals surface area (Å²) in [7, 11) is 0. The Balaban J connectivity index is 2.19. The molecule has 0 aromatic heterocycles. The molecule has 0 saturated carbocycles. The summed E-state index contributed by atoms with van der Waals surface area (Å²) in [4.78, 5) is 3.35. The molecule has 1 aromatic carbocycles. The van der Waals surface area contributed by atoms with E-state index >= 15 is 0 Å². The average Bonchev–Trinajstić information content (AvgIpc) is 2.40. The molecule has 0 amide bonds. The van der Waals surface area contributed by atoms with Crippen molar-refractivity contribution >= 4 is 45.1 Å². The minimum Gasteiger partial charge on any atom is -0.507 e. The van der Waals surface area contributed by atoms with Gasteiger partial charge in [-0.2, -0.15) is 0 Å². The maximum atomic E-state index is 9.84. The van der Waals surface area contributed by atoms with Gasteiger partial charge in [-0.1, -0.05) is 20.8 Å². The molecule has 1 fully saturated rings. The van der Waals surface area contributed by atoms with Crippen molar-refractivity contribution in [2.45, 2.75) is 25.4 Å². The molecular formula is C14H18BrN2OS2+. The second-order valence-corrected chi connectivity index (χ2v) is 9.45. The first-order chi connectivity index (χ1) is 9.32. The number of nitrogens with zero attached hydrogens (tertiary/aromatic N) is 2. The van der Waals surface area contributed by atoms with Gasteiger partial charge in [-0.25, -0.2) is 0 Å². The third-order valence-electron chi connectivity index (χ3n) is 3.58. The highest BCUT2D eigenvalue weighted by molar-refractivity contribution is 9.10. The first-order valence-corrected chi connectivity index (χ1v) is 9.32. The minimum atomic E-state index is 0.187. The van der Waals surface area contributed by atoms with E-state index in [9.17, 15) is 5.11 Å². The lowest BCUT2D eigenvalue weighted by Crippen LogP contribution is -2.27. The first kappa shape index (κ1) is 16.0. The van der Waals surface area contributed by atoms with E-state index in [0.717, 1.165) is 17.1 Å². The molecule has 108 valence electrons. The Hall–Kier alpha value is -0.380. The molecule has 6 heteroatoms. The zero-order valence-electron chi connectivity index (χ0n) is 11.8. The minimum absolute atomic E-state index is 0.187. The molecule has 1 saturated heterocycles. The number of halogens is 1. The van der Waals surface area contributed by atoms with E-state index in [1.165, 1.54) is 0 Å². The van der Waals surface area contributed by atoms with Gasteiger partial charge in [-0.3, -0.25) is 0 Å². The molecule has 0 spiro atoms. The number of diazo groups is 1. The monoisotopic (exact) mass is 373 g/mol. The third kappa shape index (κ3) is 3.44. The van der Waals surface area contributed by atoms with E-state index in [1.807, 2.05) is 23.5 Å². The van der Waals surface area contributed by atoms with Crippen LogP contribution in [0.5, 0.6) is 5.75 Å². The van der Waals surface area contributed by atoms with Crippen molar-refractivity contribution in [2.75, 3.05) is 11.5 Å². The molecule has 0 aliphatic carbocycles. The van der Waals surface area contributed by atoms with Gasteiger partial charge in [0.05, 0.1) is 20.7 Å². The van der Waals surface area contributed by atoms with Gasteiger partial charge < -0.3 is 5.11 Å². The molecule has 0 radical (unpaired) electrons. The second-order valence-electron chi connectivity index (χ2n) is 6.02. The molecule has 2 rings (SSSR count). The standard InChI is InChI=1S/C14H17BrN2OS2/c1-14(2,3)8-6-19-13(20-7-8)9-4-12(18)10(15)5-11(9)17-16/h4-5,8,13H,6-7H2,1-3H3/p+1. The molecule has 1 heterocycles. The lowest BCUT2D eigenvalue weighted by atomic mass is 9.83. The zero-order valence-corrected chi connectivity index (χ0v) is 15.0. The van der Waals surface area contributed by atoms with Crippen LogP contribution in [0.1, 0.15) is 30.9 Å². The van der Waals surface area contributed by atoms with Crippen molar-refractivity contribution in [1.82, 2.24) is 0 Å². The van der Waals surface area contributed by atoms with Crippen LogP contribution in [0, 0.1) is 16.7 Å². The van der Waals surface area contributed by atoms with Crippen LogP contribution in [-0.2, 0) is 0 Å². The summed E-state index contributed by atoms with van der Waals surface area (Å²) < 4.78 is 0.755. The van der Waals surface area contributed by atoms with E-state index in [-0.39, 0.29) is 10.3 Å². The van der Waals surface area contributed by atoms with Crippen LogP contribution in [0.2, 0.25) is 0 Å². The lowest BCUT2D eigenvalue weighted by Gasteiger charge is -2.35. The topological polar surface area (TPSA) is 48.4 Å². The maximum Gasteiger partial charge on any atom is 0.391 e. The van der Waals surface area contributed by atoms with Crippen molar-refractivity contribution in [3.8, 4) is 5.75 Å². The number of hydrogen-bond donors (Lipinski definition) is 1. The Morgan fingerprint density at radius 3 is 2.40 bits per heavy atom. The molecule has 20 heavy (non-hydrogen) atoms. The summed E-state index contributed by atoms with van der Waals surface area (Å²) in [5, 5.41) is 19.0. The number of phenols is 1. The molecule has 1 aliphatic rings. The van der Waals surface area contributed by atoms with Crippen LogP contribution < -0.4 is 0 Å². The fraction of sp³-hybridized carbons (Fsp3) is 0.571. The summed E-state index contributed by atoms with van der Waals surface area (Å²) in [5.74, 6) is 3.03. The Bertz CT molecular complexity index is 543. The second kappa shape index (κ2) is 6.17. The summed E-state index contributed by atoms with van der Waals surface area (Å²) in [6, 6.07) is 3.35. The Labute approximate surface area is 136 Å². The molecule has 3 nitrogen and oxygen atoms in total.